The van der Waals surface area contributed by atoms with Crippen LogP contribution in [0.1, 0.15) is 23.2 Å². The minimum absolute atomic E-state index is 0.217. The van der Waals surface area contributed by atoms with E-state index < -0.39 is 11.9 Å². The summed E-state index contributed by atoms with van der Waals surface area (Å²) in [6, 6.07) is 4.01. The number of carbonyl (C=O) groups is 2. The summed E-state index contributed by atoms with van der Waals surface area (Å²) in [6.07, 6.45) is 3.17. The second kappa shape index (κ2) is 10.8. The standard InChI is InChI=1S/C15H21Cl2N3O2S/c1-23-8-5-13(15(22)19-7-2-6-18)20-14(21)11-4-3-10(16)9-12(11)17/h3-4,9,13H,2,5-8,18H2,1H3,(H,19,22)(H,20,21). The number of amides is 2. The number of benzene rings is 1. The van der Waals surface area contributed by atoms with Crippen molar-refractivity contribution in [2.75, 3.05) is 25.1 Å². The molecule has 0 aliphatic heterocycles. The maximum atomic E-state index is 12.3. The lowest BCUT2D eigenvalue weighted by molar-refractivity contribution is -0.123. The Hall–Kier alpha value is -0.950. The first-order valence-corrected chi connectivity index (χ1v) is 9.37. The molecule has 0 spiro atoms. The molecule has 128 valence electrons. The highest BCUT2D eigenvalue weighted by atomic mass is 35.5. The molecule has 4 N–H and O–H groups in total. The van der Waals surface area contributed by atoms with Crippen molar-refractivity contribution in [3.8, 4) is 0 Å². The quantitative estimate of drug-likeness (QED) is 0.576. The van der Waals surface area contributed by atoms with E-state index in [4.69, 9.17) is 28.9 Å². The molecule has 0 saturated carbocycles. The van der Waals surface area contributed by atoms with Gasteiger partial charge in [0, 0.05) is 11.6 Å². The Bertz CT molecular complexity index is 543. The van der Waals surface area contributed by atoms with E-state index in [0.29, 0.717) is 36.5 Å². The van der Waals surface area contributed by atoms with Crippen LogP contribution in [0, 0.1) is 0 Å². The van der Waals surface area contributed by atoms with Crippen molar-refractivity contribution in [3.63, 3.8) is 0 Å². The fourth-order valence-electron chi connectivity index (χ4n) is 1.85. The Balaban J connectivity index is 2.74. The van der Waals surface area contributed by atoms with E-state index >= 15 is 0 Å². The molecule has 0 aromatic heterocycles. The molecule has 1 unspecified atom stereocenters. The number of rotatable bonds is 9. The average molecular weight is 378 g/mol. The molecule has 0 saturated heterocycles. The number of nitrogens with one attached hydrogen (secondary N) is 2. The van der Waals surface area contributed by atoms with Crippen LogP contribution in [0.5, 0.6) is 0 Å². The second-order valence-electron chi connectivity index (χ2n) is 4.86. The van der Waals surface area contributed by atoms with Crippen LogP contribution in [0.15, 0.2) is 18.2 Å². The Morgan fingerprint density at radius 3 is 2.70 bits per heavy atom. The minimum atomic E-state index is -0.612. The van der Waals surface area contributed by atoms with Crippen molar-refractivity contribution in [2.24, 2.45) is 5.73 Å². The second-order valence-corrected chi connectivity index (χ2v) is 6.69. The lowest BCUT2D eigenvalue weighted by atomic mass is 10.1. The lowest BCUT2D eigenvalue weighted by Gasteiger charge is -2.18. The van der Waals surface area contributed by atoms with E-state index in [2.05, 4.69) is 10.6 Å². The molecular formula is C15H21Cl2N3O2S. The minimum Gasteiger partial charge on any atom is -0.354 e. The highest BCUT2D eigenvalue weighted by Crippen LogP contribution is 2.21. The maximum Gasteiger partial charge on any atom is 0.253 e. The molecule has 0 bridgehead atoms. The van der Waals surface area contributed by atoms with E-state index in [1.165, 1.54) is 12.1 Å². The molecule has 1 rings (SSSR count). The third-order valence-corrected chi connectivity index (χ3v) is 4.28. The molecule has 5 nitrogen and oxygen atoms in total. The summed E-state index contributed by atoms with van der Waals surface area (Å²) in [5, 5.41) is 6.21. The van der Waals surface area contributed by atoms with E-state index in [9.17, 15) is 9.59 Å². The van der Waals surface area contributed by atoms with Gasteiger partial charge in [-0.1, -0.05) is 23.2 Å². The predicted octanol–water partition coefficient (Wildman–Crippen LogP) is 2.31. The fraction of sp³-hybridized carbons (Fsp3) is 0.467. The SMILES string of the molecule is CSCCC(NC(=O)c1ccc(Cl)cc1Cl)C(=O)NCCCN. The first-order valence-electron chi connectivity index (χ1n) is 7.22. The molecule has 8 heteroatoms. The molecule has 1 aromatic carbocycles. The third-order valence-electron chi connectivity index (χ3n) is 3.09. The van der Waals surface area contributed by atoms with Crippen LogP contribution >= 0.6 is 35.0 Å². The molecule has 0 radical (unpaired) electrons. The van der Waals surface area contributed by atoms with E-state index in [0.717, 1.165) is 5.75 Å². The summed E-state index contributed by atoms with van der Waals surface area (Å²) in [6.45, 7) is 0.991. The van der Waals surface area contributed by atoms with Crippen molar-refractivity contribution in [2.45, 2.75) is 18.9 Å². The summed E-state index contributed by atoms with van der Waals surface area (Å²) < 4.78 is 0. The van der Waals surface area contributed by atoms with Gasteiger partial charge in [0.05, 0.1) is 10.6 Å². The molecule has 0 aliphatic rings. The monoisotopic (exact) mass is 377 g/mol. The highest BCUT2D eigenvalue weighted by Gasteiger charge is 2.21. The van der Waals surface area contributed by atoms with Crippen LogP contribution in [0.25, 0.3) is 0 Å². The first-order chi connectivity index (χ1) is 11.0. The number of halogens is 2. The Labute approximate surface area is 150 Å². The van der Waals surface area contributed by atoms with E-state index in [1.807, 2.05) is 6.26 Å². The van der Waals surface area contributed by atoms with Gasteiger partial charge < -0.3 is 16.4 Å². The summed E-state index contributed by atoms with van der Waals surface area (Å²) in [5.41, 5.74) is 5.70. The molecule has 0 heterocycles. The van der Waals surface area contributed by atoms with Gasteiger partial charge in [0.15, 0.2) is 0 Å². The Morgan fingerprint density at radius 2 is 2.09 bits per heavy atom. The maximum absolute atomic E-state index is 12.3. The molecule has 0 aliphatic carbocycles. The van der Waals surface area contributed by atoms with Crippen molar-refractivity contribution in [1.29, 1.82) is 0 Å². The zero-order valence-electron chi connectivity index (χ0n) is 12.9. The van der Waals surface area contributed by atoms with Gasteiger partial charge in [-0.25, -0.2) is 0 Å². The number of hydrogen-bond acceptors (Lipinski definition) is 4. The Morgan fingerprint density at radius 1 is 1.35 bits per heavy atom. The van der Waals surface area contributed by atoms with Gasteiger partial charge >= 0.3 is 0 Å². The average Bonchev–Trinajstić information content (AvgIpc) is 2.51. The Kier molecular flexibility index (Phi) is 9.40. The van der Waals surface area contributed by atoms with Crippen molar-refractivity contribution >= 4 is 46.8 Å². The van der Waals surface area contributed by atoms with Crippen LogP contribution in [-0.4, -0.2) is 43.0 Å². The van der Waals surface area contributed by atoms with Crippen LogP contribution in [0.2, 0.25) is 10.0 Å². The van der Waals surface area contributed by atoms with Gasteiger partial charge in [0.25, 0.3) is 5.91 Å². The van der Waals surface area contributed by atoms with Crippen LogP contribution in [-0.2, 0) is 4.79 Å². The van der Waals surface area contributed by atoms with Gasteiger partial charge in [-0.3, -0.25) is 9.59 Å². The van der Waals surface area contributed by atoms with Crippen LogP contribution < -0.4 is 16.4 Å². The van der Waals surface area contributed by atoms with Gasteiger partial charge in [-0.15, -0.1) is 0 Å². The number of thioether (sulfide) groups is 1. The molecule has 23 heavy (non-hydrogen) atoms. The molecular weight excluding hydrogens is 357 g/mol. The fourth-order valence-corrected chi connectivity index (χ4v) is 2.82. The summed E-state index contributed by atoms with van der Waals surface area (Å²) in [7, 11) is 0. The smallest absolute Gasteiger partial charge is 0.253 e. The van der Waals surface area contributed by atoms with E-state index in [-0.39, 0.29) is 10.9 Å². The lowest BCUT2D eigenvalue weighted by Crippen LogP contribution is -2.47. The number of hydrogen-bond donors (Lipinski definition) is 3. The van der Waals surface area contributed by atoms with Crippen molar-refractivity contribution in [1.82, 2.24) is 10.6 Å². The van der Waals surface area contributed by atoms with Crippen LogP contribution in [0.4, 0.5) is 0 Å². The summed E-state index contributed by atoms with van der Waals surface area (Å²) >= 11 is 13.5. The van der Waals surface area contributed by atoms with Crippen molar-refractivity contribution in [3.05, 3.63) is 33.8 Å². The first kappa shape index (κ1) is 20.1. The normalized spacial score (nSPS) is 11.8. The highest BCUT2D eigenvalue weighted by molar-refractivity contribution is 7.98. The number of nitrogens with two attached hydrogens (primary N) is 1. The van der Waals surface area contributed by atoms with Crippen molar-refractivity contribution < 1.29 is 9.59 Å². The number of carbonyl (C=O) groups excluding carboxylic acids is 2. The van der Waals surface area contributed by atoms with Gasteiger partial charge in [0.2, 0.25) is 5.91 Å². The van der Waals surface area contributed by atoms with Crippen LogP contribution in [0.3, 0.4) is 0 Å². The molecule has 0 fully saturated rings. The van der Waals surface area contributed by atoms with E-state index in [1.54, 1.807) is 17.8 Å². The topological polar surface area (TPSA) is 84.2 Å². The predicted molar refractivity (Wildman–Crippen MR) is 97.4 cm³/mol. The van der Waals surface area contributed by atoms with Gasteiger partial charge in [-0.2, -0.15) is 11.8 Å². The molecule has 2 amide bonds. The summed E-state index contributed by atoms with van der Waals surface area (Å²) in [5.74, 6) is 0.140. The largest absolute Gasteiger partial charge is 0.354 e. The zero-order chi connectivity index (χ0) is 17.2. The van der Waals surface area contributed by atoms with Gasteiger partial charge in [0.1, 0.15) is 6.04 Å². The molecule has 1 aromatic rings. The molecule has 1 atom stereocenters. The zero-order valence-corrected chi connectivity index (χ0v) is 15.2. The van der Waals surface area contributed by atoms with Gasteiger partial charge in [-0.05, 0) is 49.6 Å². The third kappa shape index (κ3) is 6.99. The summed E-state index contributed by atoms with van der Waals surface area (Å²) in [4.78, 5) is 24.5.